The van der Waals surface area contributed by atoms with Crippen LogP contribution in [0.3, 0.4) is 0 Å². The molecular weight excluding hydrogens is 524 g/mol. The van der Waals surface area contributed by atoms with Crippen LogP contribution in [0.15, 0.2) is 57.7 Å². The molecule has 0 aliphatic heterocycles. The summed E-state index contributed by atoms with van der Waals surface area (Å²) in [7, 11) is 0. The van der Waals surface area contributed by atoms with Crippen molar-refractivity contribution in [3.8, 4) is 0 Å². The van der Waals surface area contributed by atoms with Gasteiger partial charge in [0.1, 0.15) is 22.9 Å². The number of aromatic carboxylic acids is 1. The van der Waals surface area contributed by atoms with Crippen molar-refractivity contribution >= 4 is 40.6 Å². The molecule has 0 aliphatic carbocycles. The summed E-state index contributed by atoms with van der Waals surface area (Å²) in [5.74, 6) is -3.42. The summed E-state index contributed by atoms with van der Waals surface area (Å²) < 4.78 is 6.47. The number of aromatic amines is 1. The highest BCUT2D eigenvalue weighted by Gasteiger charge is 2.24. The third-order valence-electron chi connectivity index (χ3n) is 5.87. The predicted molar refractivity (Wildman–Crippen MR) is 136 cm³/mol. The third kappa shape index (κ3) is 5.10. The molecule has 15 nitrogen and oxygen atoms in total. The lowest BCUT2D eigenvalue weighted by molar-refractivity contribution is -0.120. The van der Waals surface area contributed by atoms with Gasteiger partial charge >= 0.3 is 11.7 Å². The van der Waals surface area contributed by atoms with Crippen molar-refractivity contribution in [3.63, 3.8) is 0 Å². The van der Waals surface area contributed by atoms with Crippen molar-refractivity contribution < 1.29 is 28.7 Å². The van der Waals surface area contributed by atoms with Crippen LogP contribution >= 0.6 is 0 Å². The van der Waals surface area contributed by atoms with E-state index in [0.717, 1.165) is 16.1 Å². The van der Waals surface area contributed by atoms with Gasteiger partial charge in [0, 0.05) is 19.5 Å². The van der Waals surface area contributed by atoms with Crippen molar-refractivity contribution in [1.29, 1.82) is 0 Å². The monoisotopic (exact) mass is 544 g/mol. The number of aryl methyl sites for hydroxylation is 1. The average molecular weight is 544 g/mol. The maximum atomic E-state index is 13.1. The first-order valence-corrected chi connectivity index (χ1v) is 11.7. The van der Waals surface area contributed by atoms with E-state index in [1.807, 2.05) is 0 Å². The normalized spacial score (nSPS) is 11.8. The van der Waals surface area contributed by atoms with E-state index in [1.165, 1.54) is 24.3 Å². The lowest BCUT2D eigenvalue weighted by Gasteiger charge is -2.16. The number of hydrogen-bond donors (Lipinski definition) is 5. The SMILES string of the molecule is Cc1nc2cc(CNC(=O)c3cc(C(=O)N[C@@H](C(N)=O)c4ccc(C(=O)O)cc4)nc4nc(=O)[nH]n34)ccc2o1. The smallest absolute Gasteiger partial charge is 0.363 e. The topological polar surface area (TPSA) is 228 Å². The Labute approximate surface area is 223 Å². The van der Waals surface area contributed by atoms with Crippen LogP contribution < -0.4 is 22.1 Å². The Morgan fingerprint density at radius 1 is 1.05 bits per heavy atom. The number of oxazole rings is 1. The Balaban J connectivity index is 1.40. The van der Waals surface area contributed by atoms with Gasteiger partial charge in [-0.05, 0) is 35.4 Å². The van der Waals surface area contributed by atoms with E-state index in [1.54, 1.807) is 25.1 Å². The van der Waals surface area contributed by atoms with E-state index >= 15 is 0 Å². The van der Waals surface area contributed by atoms with Gasteiger partial charge in [-0.1, -0.05) is 18.2 Å². The summed E-state index contributed by atoms with van der Waals surface area (Å²) in [6.45, 7) is 1.80. The van der Waals surface area contributed by atoms with Crippen LogP contribution in [0.1, 0.15) is 54.4 Å². The van der Waals surface area contributed by atoms with Gasteiger partial charge in [-0.25, -0.2) is 29.2 Å². The van der Waals surface area contributed by atoms with Gasteiger partial charge in [0.15, 0.2) is 11.5 Å². The van der Waals surface area contributed by atoms with E-state index < -0.39 is 35.4 Å². The van der Waals surface area contributed by atoms with Crippen molar-refractivity contribution in [2.45, 2.75) is 19.5 Å². The molecular formula is C25H20N8O7. The highest BCUT2D eigenvalue weighted by molar-refractivity contribution is 6.00. The number of carbonyl (C=O) groups excluding carboxylic acids is 3. The average Bonchev–Trinajstić information content (AvgIpc) is 3.49. The maximum absolute atomic E-state index is 13.1. The van der Waals surface area contributed by atoms with Gasteiger partial charge in [0.25, 0.3) is 17.6 Å². The van der Waals surface area contributed by atoms with Crippen LogP contribution in [0.4, 0.5) is 0 Å². The number of nitrogens with two attached hydrogens (primary N) is 1. The summed E-state index contributed by atoms with van der Waals surface area (Å²) in [6, 6.07) is 10.2. The number of primary amides is 1. The van der Waals surface area contributed by atoms with Crippen LogP contribution in [0.2, 0.25) is 0 Å². The number of H-pyrrole nitrogens is 1. The van der Waals surface area contributed by atoms with E-state index in [0.29, 0.717) is 17.0 Å². The zero-order chi connectivity index (χ0) is 28.6. The van der Waals surface area contributed by atoms with Crippen LogP contribution in [0.25, 0.3) is 16.9 Å². The number of nitrogens with one attached hydrogen (secondary N) is 3. The van der Waals surface area contributed by atoms with E-state index in [4.69, 9.17) is 15.3 Å². The number of carboxylic acid groups (broad SMARTS) is 1. The zero-order valence-corrected chi connectivity index (χ0v) is 20.7. The number of fused-ring (bicyclic) bond motifs is 2. The lowest BCUT2D eigenvalue weighted by Crippen LogP contribution is -2.38. The quantitative estimate of drug-likeness (QED) is 0.181. The Kier molecular flexibility index (Phi) is 6.53. The molecule has 2 aromatic carbocycles. The first kappa shape index (κ1) is 25.8. The second-order valence-electron chi connectivity index (χ2n) is 8.64. The van der Waals surface area contributed by atoms with Crippen LogP contribution in [-0.2, 0) is 11.3 Å². The standard InChI is InChI=1S/C25H20N8O7/c1-11-28-15-8-12(2-7-18(15)40-11)10-27-22(36)17-9-16(29-24-31-25(39)32-33(17)24)21(35)30-19(20(26)34)13-3-5-14(6-4-13)23(37)38/h2-9,19H,10H2,1H3,(H2,26,34)(H,27,36)(H,30,35)(H,32,39)(H,37,38)/t19-/m1/s1. The second-order valence-corrected chi connectivity index (χ2v) is 8.64. The number of amides is 3. The van der Waals surface area contributed by atoms with E-state index in [2.05, 4.69) is 30.7 Å². The molecule has 0 saturated heterocycles. The molecule has 6 N–H and O–H groups in total. The molecule has 0 radical (unpaired) electrons. The molecule has 3 heterocycles. The minimum atomic E-state index is -1.35. The second kappa shape index (κ2) is 10.1. The summed E-state index contributed by atoms with van der Waals surface area (Å²) in [5, 5.41) is 16.5. The molecule has 15 heteroatoms. The van der Waals surface area contributed by atoms with Crippen molar-refractivity contribution in [2.75, 3.05) is 0 Å². The molecule has 202 valence electrons. The highest BCUT2D eigenvalue weighted by Crippen LogP contribution is 2.18. The van der Waals surface area contributed by atoms with Crippen LogP contribution in [0, 0.1) is 6.92 Å². The molecule has 3 amide bonds. The predicted octanol–water partition coefficient (Wildman–Crippen LogP) is 0.452. The minimum absolute atomic E-state index is 0.0268. The number of aromatic nitrogens is 5. The Hall–Kier alpha value is -5.86. The number of benzene rings is 2. The summed E-state index contributed by atoms with van der Waals surface area (Å²) in [4.78, 5) is 73.3. The first-order valence-electron chi connectivity index (χ1n) is 11.7. The van der Waals surface area contributed by atoms with E-state index in [-0.39, 0.29) is 34.8 Å². The van der Waals surface area contributed by atoms with Gasteiger partial charge in [-0.15, -0.1) is 0 Å². The first-order chi connectivity index (χ1) is 19.1. The number of hydrogen-bond acceptors (Lipinski definition) is 9. The number of carboxylic acids is 1. The van der Waals surface area contributed by atoms with Crippen molar-refractivity contribution in [3.05, 3.63) is 93.0 Å². The molecule has 0 spiro atoms. The van der Waals surface area contributed by atoms with Gasteiger partial charge < -0.3 is 25.9 Å². The zero-order valence-electron chi connectivity index (χ0n) is 20.7. The summed E-state index contributed by atoms with van der Waals surface area (Å²) in [6.07, 6.45) is 0. The van der Waals surface area contributed by atoms with Crippen LogP contribution in [0.5, 0.6) is 0 Å². The number of rotatable bonds is 8. The van der Waals surface area contributed by atoms with Crippen molar-refractivity contribution in [1.82, 2.24) is 35.2 Å². The molecule has 5 aromatic rings. The molecule has 40 heavy (non-hydrogen) atoms. The number of carbonyl (C=O) groups is 4. The fraction of sp³-hybridized carbons (Fsp3) is 0.120. The van der Waals surface area contributed by atoms with Gasteiger partial charge in [0.2, 0.25) is 5.91 Å². The minimum Gasteiger partial charge on any atom is -0.478 e. The maximum Gasteiger partial charge on any atom is 0.363 e. The van der Waals surface area contributed by atoms with Gasteiger partial charge in [-0.2, -0.15) is 4.98 Å². The molecule has 0 unspecified atom stereocenters. The molecule has 1 atom stereocenters. The van der Waals surface area contributed by atoms with Gasteiger partial charge in [0.05, 0.1) is 5.56 Å². The molecule has 0 aliphatic rings. The summed E-state index contributed by atoms with van der Waals surface area (Å²) in [5.41, 5.74) is 6.30. The number of nitrogens with zero attached hydrogens (tertiary/aromatic N) is 4. The van der Waals surface area contributed by atoms with Crippen molar-refractivity contribution in [2.24, 2.45) is 5.73 Å². The third-order valence-corrected chi connectivity index (χ3v) is 5.87. The van der Waals surface area contributed by atoms with E-state index in [9.17, 15) is 24.0 Å². The Morgan fingerprint density at radius 2 is 1.80 bits per heavy atom. The lowest BCUT2D eigenvalue weighted by atomic mass is 10.0. The van der Waals surface area contributed by atoms with Gasteiger partial charge in [-0.3, -0.25) is 14.4 Å². The fourth-order valence-corrected chi connectivity index (χ4v) is 3.98. The Morgan fingerprint density at radius 3 is 2.50 bits per heavy atom. The molecule has 3 aromatic heterocycles. The van der Waals surface area contributed by atoms with Crippen LogP contribution in [-0.4, -0.2) is 53.4 Å². The molecule has 0 saturated carbocycles. The largest absolute Gasteiger partial charge is 0.478 e. The molecule has 5 rings (SSSR count). The fourth-order valence-electron chi connectivity index (χ4n) is 3.98. The highest BCUT2D eigenvalue weighted by atomic mass is 16.4. The molecule has 0 bridgehead atoms. The Bertz CT molecular complexity index is 1870. The summed E-state index contributed by atoms with van der Waals surface area (Å²) >= 11 is 0. The molecule has 0 fully saturated rings.